The normalized spacial score (nSPS) is 14.0. The molecular formula is C13H15N5O. The molecule has 0 atom stereocenters. The van der Waals surface area contributed by atoms with Gasteiger partial charge < -0.3 is 5.32 Å². The van der Waals surface area contributed by atoms with Gasteiger partial charge in [0.15, 0.2) is 5.82 Å². The fourth-order valence-electron chi connectivity index (χ4n) is 2.33. The van der Waals surface area contributed by atoms with Crippen molar-refractivity contribution in [2.75, 3.05) is 5.32 Å². The SMILES string of the molecule is O=C1CCc2cc(CCCc3nn[nH]n3)ccc2N1. The van der Waals surface area contributed by atoms with Crippen LogP contribution in [0.4, 0.5) is 5.69 Å². The van der Waals surface area contributed by atoms with Gasteiger partial charge in [0.05, 0.1) is 0 Å². The molecule has 0 spiro atoms. The summed E-state index contributed by atoms with van der Waals surface area (Å²) >= 11 is 0. The van der Waals surface area contributed by atoms with Crippen LogP contribution in [0.25, 0.3) is 0 Å². The van der Waals surface area contributed by atoms with E-state index in [0.29, 0.717) is 6.42 Å². The number of benzene rings is 1. The molecule has 6 heteroatoms. The van der Waals surface area contributed by atoms with Gasteiger partial charge >= 0.3 is 0 Å². The first-order valence-corrected chi connectivity index (χ1v) is 6.45. The zero-order valence-electron chi connectivity index (χ0n) is 10.5. The number of nitrogens with zero attached hydrogens (tertiary/aromatic N) is 3. The van der Waals surface area contributed by atoms with Gasteiger partial charge in [-0.25, -0.2) is 0 Å². The fraction of sp³-hybridized carbons (Fsp3) is 0.385. The molecule has 2 N–H and O–H groups in total. The number of fused-ring (bicyclic) bond motifs is 1. The van der Waals surface area contributed by atoms with Crippen molar-refractivity contribution in [1.82, 2.24) is 20.6 Å². The first kappa shape index (κ1) is 11.8. The Bertz CT molecular complexity index is 579. The first-order chi connectivity index (χ1) is 9.31. The van der Waals surface area contributed by atoms with Gasteiger partial charge in [0.25, 0.3) is 0 Å². The molecule has 0 aliphatic carbocycles. The minimum Gasteiger partial charge on any atom is -0.326 e. The second kappa shape index (κ2) is 5.17. The third-order valence-corrected chi connectivity index (χ3v) is 3.32. The maximum absolute atomic E-state index is 11.3. The molecule has 19 heavy (non-hydrogen) atoms. The van der Waals surface area contributed by atoms with Crippen molar-refractivity contribution in [2.45, 2.75) is 32.1 Å². The van der Waals surface area contributed by atoms with Crippen molar-refractivity contribution < 1.29 is 4.79 Å². The van der Waals surface area contributed by atoms with Crippen LogP contribution in [0.1, 0.15) is 29.8 Å². The van der Waals surface area contributed by atoms with Crippen LogP contribution < -0.4 is 5.32 Å². The van der Waals surface area contributed by atoms with Gasteiger partial charge in [-0.05, 0) is 36.5 Å². The largest absolute Gasteiger partial charge is 0.326 e. The number of aromatic nitrogens is 4. The summed E-state index contributed by atoms with van der Waals surface area (Å²) in [7, 11) is 0. The highest BCUT2D eigenvalue weighted by molar-refractivity contribution is 5.93. The van der Waals surface area contributed by atoms with E-state index in [-0.39, 0.29) is 5.91 Å². The standard InChI is InChI=1S/C13H15N5O/c19-13-7-5-10-8-9(4-6-11(10)14-13)2-1-3-12-15-17-18-16-12/h4,6,8H,1-3,5,7H2,(H,14,19)(H,15,16,17,18). The molecule has 98 valence electrons. The predicted octanol–water partition coefficient (Wildman–Crippen LogP) is 1.26. The lowest BCUT2D eigenvalue weighted by Crippen LogP contribution is -2.18. The Kier molecular flexibility index (Phi) is 3.22. The Morgan fingerprint density at radius 2 is 2.16 bits per heavy atom. The van der Waals surface area contributed by atoms with Crippen LogP contribution in [0.5, 0.6) is 0 Å². The lowest BCUT2D eigenvalue weighted by Gasteiger charge is -2.17. The minimum absolute atomic E-state index is 0.109. The number of aromatic amines is 1. The molecule has 3 rings (SSSR count). The van der Waals surface area contributed by atoms with Crippen molar-refractivity contribution in [1.29, 1.82) is 0 Å². The third kappa shape index (κ3) is 2.78. The third-order valence-electron chi connectivity index (χ3n) is 3.32. The van der Waals surface area contributed by atoms with E-state index in [1.807, 2.05) is 6.07 Å². The number of hydrogen-bond donors (Lipinski definition) is 2. The Labute approximate surface area is 110 Å². The number of anilines is 1. The number of nitrogens with one attached hydrogen (secondary N) is 2. The molecule has 1 aromatic heterocycles. The van der Waals surface area contributed by atoms with Crippen LogP contribution in [0.2, 0.25) is 0 Å². The summed E-state index contributed by atoms with van der Waals surface area (Å²) in [5.74, 6) is 0.863. The maximum Gasteiger partial charge on any atom is 0.224 e. The lowest BCUT2D eigenvalue weighted by atomic mass is 9.98. The lowest BCUT2D eigenvalue weighted by molar-refractivity contribution is -0.116. The molecule has 1 amide bonds. The van der Waals surface area contributed by atoms with Crippen LogP contribution in [-0.4, -0.2) is 26.5 Å². The van der Waals surface area contributed by atoms with E-state index < -0.39 is 0 Å². The number of hydrogen-bond acceptors (Lipinski definition) is 4. The van der Waals surface area contributed by atoms with Crippen molar-refractivity contribution in [3.63, 3.8) is 0 Å². The quantitative estimate of drug-likeness (QED) is 0.863. The smallest absolute Gasteiger partial charge is 0.224 e. The molecule has 6 nitrogen and oxygen atoms in total. The zero-order valence-corrected chi connectivity index (χ0v) is 10.5. The molecule has 0 bridgehead atoms. The van der Waals surface area contributed by atoms with Gasteiger partial charge in [0.2, 0.25) is 5.91 Å². The molecular weight excluding hydrogens is 242 g/mol. The molecule has 1 aliphatic heterocycles. The van der Waals surface area contributed by atoms with Gasteiger partial charge in [-0.1, -0.05) is 17.3 Å². The predicted molar refractivity (Wildman–Crippen MR) is 69.6 cm³/mol. The van der Waals surface area contributed by atoms with Crippen LogP contribution in [0.3, 0.4) is 0 Å². The topological polar surface area (TPSA) is 83.6 Å². The van der Waals surface area contributed by atoms with Crippen LogP contribution >= 0.6 is 0 Å². The van der Waals surface area contributed by atoms with E-state index >= 15 is 0 Å². The van der Waals surface area contributed by atoms with E-state index in [1.165, 1.54) is 11.1 Å². The van der Waals surface area contributed by atoms with Crippen molar-refractivity contribution >= 4 is 11.6 Å². The number of amides is 1. The second-order valence-electron chi connectivity index (χ2n) is 4.72. The highest BCUT2D eigenvalue weighted by Crippen LogP contribution is 2.24. The average molecular weight is 257 g/mol. The Hall–Kier alpha value is -2.24. The van der Waals surface area contributed by atoms with Crippen molar-refractivity contribution in [2.24, 2.45) is 0 Å². The number of carbonyl (C=O) groups excluding carboxylic acids is 1. The molecule has 0 saturated carbocycles. The molecule has 2 aromatic rings. The molecule has 2 heterocycles. The number of carbonyl (C=O) groups is 1. The van der Waals surface area contributed by atoms with E-state index in [1.54, 1.807) is 0 Å². The number of H-pyrrole nitrogens is 1. The van der Waals surface area contributed by atoms with E-state index in [0.717, 1.165) is 37.2 Å². The summed E-state index contributed by atoms with van der Waals surface area (Å²) in [6.07, 6.45) is 4.21. The summed E-state index contributed by atoms with van der Waals surface area (Å²) in [4.78, 5) is 11.3. The monoisotopic (exact) mass is 257 g/mol. The van der Waals surface area contributed by atoms with Gasteiger partial charge in [0, 0.05) is 18.5 Å². The van der Waals surface area contributed by atoms with Crippen molar-refractivity contribution in [3.05, 3.63) is 35.2 Å². The summed E-state index contributed by atoms with van der Waals surface area (Å²) in [5.41, 5.74) is 3.48. The zero-order chi connectivity index (χ0) is 13.1. The average Bonchev–Trinajstić information content (AvgIpc) is 2.92. The molecule has 0 radical (unpaired) electrons. The van der Waals surface area contributed by atoms with E-state index in [4.69, 9.17) is 0 Å². The van der Waals surface area contributed by atoms with Gasteiger partial charge in [-0.2, -0.15) is 5.21 Å². The number of tetrazole rings is 1. The minimum atomic E-state index is 0.109. The van der Waals surface area contributed by atoms with Crippen LogP contribution in [0, 0.1) is 0 Å². The van der Waals surface area contributed by atoms with E-state index in [9.17, 15) is 4.79 Å². The van der Waals surface area contributed by atoms with Crippen LogP contribution in [0.15, 0.2) is 18.2 Å². The van der Waals surface area contributed by atoms with Gasteiger partial charge in [-0.3, -0.25) is 4.79 Å². The van der Waals surface area contributed by atoms with Gasteiger partial charge in [0.1, 0.15) is 0 Å². The molecule has 0 saturated heterocycles. The molecule has 1 aromatic carbocycles. The summed E-state index contributed by atoms with van der Waals surface area (Å²) < 4.78 is 0. The summed E-state index contributed by atoms with van der Waals surface area (Å²) in [6.45, 7) is 0. The second-order valence-corrected chi connectivity index (χ2v) is 4.72. The fourth-order valence-corrected chi connectivity index (χ4v) is 2.33. The molecule has 0 fully saturated rings. The molecule has 1 aliphatic rings. The Morgan fingerprint density at radius 3 is 3.00 bits per heavy atom. The van der Waals surface area contributed by atoms with Crippen LogP contribution in [-0.2, 0) is 24.1 Å². The Balaban J connectivity index is 1.61. The number of aryl methyl sites for hydroxylation is 3. The number of rotatable bonds is 4. The molecule has 0 unspecified atom stereocenters. The highest BCUT2D eigenvalue weighted by Gasteiger charge is 2.14. The van der Waals surface area contributed by atoms with E-state index in [2.05, 4.69) is 38.1 Å². The summed E-state index contributed by atoms with van der Waals surface area (Å²) in [5, 5.41) is 16.7. The summed E-state index contributed by atoms with van der Waals surface area (Å²) in [6, 6.07) is 6.25. The highest BCUT2D eigenvalue weighted by atomic mass is 16.1. The van der Waals surface area contributed by atoms with Gasteiger partial charge in [-0.15, -0.1) is 10.2 Å². The first-order valence-electron chi connectivity index (χ1n) is 6.45. The Morgan fingerprint density at radius 1 is 1.21 bits per heavy atom. The maximum atomic E-state index is 11.3. The van der Waals surface area contributed by atoms with Crippen molar-refractivity contribution in [3.8, 4) is 0 Å².